The van der Waals surface area contributed by atoms with E-state index in [1.807, 2.05) is 0 Å². The molecule has 0 atom stereocenters. The van der Waals surface area contributed by atoms with Crippen molar-refractivity contribution in [3.8, 4) is 0 Å². The summed E-state index contributed by atoms with van der Waals surface area (Å²) in [6.45, 7) is 7.98. The monoisotopic (exact) mass is 185 g/mol. The molecule has 0 unspecified atom stereocenters. The molecule has 0 aromatic carbocycles. The highest BCUT2D eigenvalue weighted by Crippen LogP contribution is 1.99. The average Bonchev–Trinajstić information content (AvgIpc) is 2.16. The smallest absolute Gasteiger partial charge is 0.0462 e. The van der Waals surface area contributed by atoms with Crippen LogP contribution in [0, 0.1) is 0 Å². The van der Waals surface area contributed by atoms with Crippen molar-refractivity contribution < 1.29 is 4.74 Å². The maximum absolute atomic E-state index is 4.97. The zero-order valence-electron chi connectivity index (χ0n) is 9.07. The first-order valence-corrected chi connectivity index (χ1v) is 5.21. The van der Waals surface area contributed by atoms with Crippen LogP contribution in [0.25, 0.3) is 0 Å². The summed E-state index contributed by atoms with van der Waals surface area (Å²) in [5.41, 5.74) is 1.15. The highest BCUT2D eigenvalue weighted by atomic mass is 16.5. The third kappa shape index (κ3) is 9.41. The van der Waals surface area contributed by atoms with Crippen molar-refractivity contribution in [3.05, 3.63) is 12.3 Å². The lowest BCUT2D eigenvalue weighted by atomic mass is 10.2. The van der Waals surface area contributed by atoms with Crippen molar-refractivity contribution in [2.75, 3.05) is 20.3 Å². The van der Waals surface area contributed by atoms with Crippen molar-refractivity contribution >= 4 is 0 Å². The normalized spacial score (nSPS) is 10.0. The minimum absolute atomic E-state index is 0.898. The SMILES string of the molecule is C=C(CC)NCCCCCCOC. The van der Waals surface area contributed by atoms with Gasteiger partial charge in [0, 0.05) is 26.0 Å². The molecule has 0 radical (unpaired) electrons. The topological polar surface area (TPSA) is 21.3 Å². The molecule has 0 aliphatic heterocycles. The Morgan fingerprint density at radius 1 is 1.23 bits per heavy atom. The van der Waals surface area contributed by atoms with Gasteiger partial charge in [0.05, 0.1) is 0 Å². The van der Waals surface area contributed by atoms with Crippen LogP contribution in [-0.4, -0.2) is 20.3 Å². The van der Waals surface area contributed by atoms with E-state index in [4.69, 9.17) is 4.74 Å². The third-order valence-electron chi connectivity index (χ3n) is 2.08. The zero-order chi connectivity index (χ0) is 9.94. The third-order valence-corrected chi connectivity index (χ3v) is 2.08. The molecular weight excluding hydrogens is 162 g/mol. The van der Waals surface area contributed by atoms with Gasteiger partial charge in [0.2, 0.25) is 0 Å². The van der Waals surface area contributed by atoms with Crippen molar-refractivity contribution in [1.82, 2.24) is 5.32 Å². The number of unbranched alkanes of at least 4 members (excludes halogenated alkanes) is 3. The van der Waals surface area contributed by atoms with Gasteiger partial charge in [-0.2, -0.15) is 0 Å². The molecule has 2 heteroatoms. The number of allylic oxidation sites excluding steroid dienone is 1. The molecule has 0 aliphatic carbocycles. The van der Waals surface area contributed by atoms with E-state index >= 15 is 0 Å². The maximum Gasteiger partial charge on any atom is 0.0462 e. The van der Waals surface area contributed by atoms with Crippen LogP contribution in [0.15, 0.2) is 12.3 Å². The lowest BCUT2D eigenvalue weighted by Crippen LogP contribution is -2.13. The number of methoxy groups -OCH3 is 1. The molecule has 0 rings (SSSR count). The number of rotatable bonds is 9. The fourth-order valence-electron chi connectivity index (χ4n) is 1.12. The molecule has 0 amide bonds. The second-order valence-corrected chi connectivity index (χ2v) is 3.29. The number of ether oxygens (including phenoxy) is 1. The number of hydrogen-bond donors (Lipinski definition) is 1. The second-order valence-electron chi connectivity index (χ2n) is 3.29. The summed E-state index contributed by atoms with van der Waals surface area (Å²) in [6.07, 6.45) is 6.01. The molecule has 0 saturated carbocycles. The van der Waals surface area contributed by atoms with E-state index in [1.54, 1.807) is 7.11 Å². The van der Waals surface area contributed by atoms with Gasteiger partial charge in [-0.15, -0.1) is 0 Å². The number of hydrogen-bond acceptors (Lipinski definition) is 2. The van der Waals surface area contributed by atoms with Gasteiger partial charge in [-0.05, 0) is 19.3 Å². The average molecular weight is 185 g/mol. The summed E-state index contributed by atoms with van der Waals surface area (Å²) in [5, 5.41) is 3.30. The molecule has 0 fully saturated rings. The summed E-state index contributed by atoms with van der Waals surface area (Å²) >= 11 is 0. The fraction of sp³-hybridized carbons (Fsp3) is 0.818. The lowest BCUT2D eigenvalue weighted by Gasteiger charge is -2.06. The molecule has 0 aromatic heterocycles. The van der Waals surface area contributed by atoms with E-state index in [-0.39, 0.29) is 0 Å². The molecule has 0 spiro atoms. The lowest BCUT2D eigenvalue weighted by molar-refractivity contribution is 0.192. The summed E-state index contributed by atoms with van der Waals surface area (Å²) in [4.78, 5) is 0. The van der Waals surface area contributed by atoms with Crippen LogP contribution >= 0.6 is 0 Å². The first-order valence-electron chi connectivity index (χ1n) is 5.21. The molecular formula is C11H23NO. The predicted octanol–water partition coefficient (Wildman–Crippen LogP) is 2.71. The molecule has 78 valence electrons. The Hall–Kier alpha value is -0.500. The Balaban J connectivity index is 2.95. The molecule has 0 saturated heterocycles. The molecule has 1 N–H and O–H groups in total. The Bertz CT molecular complexity index is 123. The van der Waals surface area contributed by atoms with Crippen molar-refractivity contribution in [1.29, 1.82) is 0 Å². The van der Waals surface area contributed by atoms with E-state index < -0.39 is 0 Å². The van der Waals surface area contributed by atoms with Crippen molar-refractivity contribution in [2.24, 2.45) is 0 Å². The van der Waals surface area contributed by atoms with Crippen LogP contribution in [0.2, 0.25) is 0 Å². The van der Waals surface area contributed by atoms with Gasteiger partial charge in [0.25, 0.3) is 0 Å². The van der Waals surface area contributed by atoms with E-state index in [0.717, 1.165) is 25.3 Å². The highest BCUT2D eigenvalue weighted by molar-refractivity contribution is 4.88. The quantitative estimate of drug-likeness (QED) is 0.558. The Labute approximate surface area is 82.4 Å². The van der Waals surface area contributed by atoms with Crippen molar-refractivity contribution in [2.45, 2.75) is 39.0 Å². The fourth-order valence-corrected chi connectivity index (χ4v) is 1.12. The van der Waals surface area contributed by atoms with E-state index in [1.165, 1.54) is 25.7 Å². The first kappa shape index (κ1) is 12.5. The van der Waals surface area contributed by atoms with Crippen LogP contribution in [0.4, 0.5) is 0 Å². The minimum atomic E-state index is 0.898. The van der Waals surface area contributed by atoms with Gasteiger partial charge < -0.3 is 10.1 Å². The molecule has 0 heterocycles. The Morgan fingerprint density at radius 3 is 2.54 bits per heavy atom. The molecule has 0 aliphatic rings. The number of nitrogens with one attached hydrogen (secondary N) is 1. The van der Waals surface area contributed by atoms with Gasteiger partial charge in [-0.25, -0.2) is 0 Å². The molecule has 13 heavy (non-hydrogen) atoms. The van der Waals surface area contributed by atoms with Gasteiger partial charge in [0.15, 0.2) is 0 Å². The zero-order valence-corrected chi connectivity index (χ0v) is 9.07. The van der Waals surface area contributed by atoms with Gasteiger partial charge in [-0.1, -0.05) is 26.3 Å². The summed E-state index contributed by atoms with van der Waals surface area (Å²) in [7, 11) is 1.76. The molecule has 0 bridgehead atoms. The van der Waals surface area contributed by atoms with Crippen molar-refractivity contribution in [3.63, 3.8) is 0 Å². The van der Waals surface area contributed by atoms with Crippen LogP contribution in [0.5, 0.6) is 0 Å². The molecule has 0 aromatic rings. The van der Waals surface area contributed by atoms with E-state index in [2.05, 4.69) is 18.8 Å². The predicted molar refractivity (Wildman–Crippen MR) is 57.8 cm³/mol. The summed E-state index contributed by atoms with van der Waals surface area (Å²) < 4.78 is 4.97. The standard InChI is InChI=1S/C11H23NO/c1-4-11(2)12-9-7-5-6-8-10-13-3/h12H,2,4-10H2,1,3H3. The van der Waals surface area contributed by atoms with E-state index in [9.17, 15) is 0 Å². The minimum Gasteiger partial charge on any atom is -0.389 e. The highest BCUT2D eigenvalue weighted by Gasteiger charge is 1.90. The Morgan fingerprint density at radius 2 is 1.92 bits per heavy atom. The maximum atomic E-state index is 4.97. The van der Waals surface area contributed by atoms with E-state index in [0.29, 0.717) is 0 Å². The van der Waals surface area contributed by atoms with Crippen LogP contribution in [0.3, 0.4) is 0 Å². The summed E-state index contributed by atoms with van der Waals surface area (Å²) in [5.74, 6) is 0. The molecule has 2 nitrogen and oxygen atoms in total. The van der Waals surface area contributed by atoms with Gasteiger partial charge >= 0.3 is 0 Å². The van der Waals surface area contributed by atoms with Gasteiger partial charge in [-0.3, -0.25) is 0 Å². The largest absolute Gasteiger partial charge is 0.389 e. The first-order chi connectivity index (χ1) is 6.31. The van der Waals surface area contributed by atoms with Gasteiger partial charge in [0.1, 0.15) is 0 Å². The van der Waals surface area contributed by atoms with Crippen LogP contribution in [0.1, 0.15) is 39.0 Å². The Kier molecular flexibility index (Phi) is 9.22. The van der Waals surface area contributed by atoms with Crippen LogP contribution < -0.4 is 5.32 Å². The van der Waals surface area contributed by atoms with Crippen LogP contribution in [-0.2, 0) is 4.74 Å². The summed E-state index contributed by atoms with van der Waals surface area (Å²) in [6, 6.07) is 0. The second kappa shape index (κ2) is 9.59.